The van der Waals surface area contributed by atoms with Crippen molar-refractivity contribution in [3.05, 3.63) is 54.6 Å². The maximum atomic E-state index is 12.4. The first-order valence-electron chi connectivity index (χ1n) is 7.64. The molecule has 0 saturated carbocycles. The zero-order chi connectivity index (χ0) is 15.2. The third kappa shape index (κ3) is 3.61. The topological polar surface area (TPSA) is 49.3 Å². The van der Waals surface area contributed by atoms with E-state index in [9.17, 15) is 4.79 Å². The summed E-state index contributed by atoms with van der Waals surface area (Å²) in [5.74, 6) is 0.185. The Morgan fingerprint density at radius 1 is 1.00 bits per heavy atom. The molecule has 1 amide bonds. The van der Waals surface area contributed by atoms with Crippen LogP contribution >= 0.6 is 0 Å². The maximum Gasteiger partial charge on any atom is 0.227 e. The molecule has 2 aromatic heterocycles. The van der Waals surface area contributed by atoms with Gasteiger partial charge in [-0.1, -0.05) is 6.07 Å². The van der Waals surface area contributed by atoms with Crippen molar-refractivity contribution in [2.75, 3.05) is 31.1 Å². The van der Waals surface area contributed by atoms with Gasteiger partial charge in [-0.15, -0.1) is 0 Å². The summed E-state index contributed by atoms with van der Waals surface area (Å²) in [4.78, 5) is 24.8. The summed E-state index contributed by atoms with van der Waals surface area (Å²) in [6.45, 7) is 3.42. The molecule has 1 saturated heterocycles. The number of carbonyl (C=O) groups is 1. The number of rotatable bonds is 3. The van der Waals surface area contributed by atoms with Gasteiger partial charge >= 0.3 is 0 Å². The maximum absolute atomic E-state index is 12.4. The van der Waals surface area contributed by atoms with Gasteiger partial charge in [-0.2, -0.15) is 0 Å². The van der Waals surface area contributed by atoms with E-state index < -0.39 is 0 Å². The number of nitrogens with zero attached hydrogens (tertiary/aromatic N) is 4. The molecule has 1 aliphatic heterocycles. The molecule has 0 radical (unpaired) electrons. The standard InChI is InChI=1S/C17H20N4O/c22-17(13-15-3-1-6-19-14-15)21-10-2-9-20(11-12-21)16-4-7-18-8-5-16/h1,3-8,14H,2,9-13H2. The average Bonchev–Trinajstić information content (AvgIpc) is 2.83. The van der Waals surface area contributed by atoms with Gasteiger partial charge in [0.05, 0.1) is 6.42 Å². The molecule has 5 nitrogen and oxygen atoms in total. The quantitative estimate of drug-likeness (QED) is 0.866. The zero-order valence-corrected chi connectivity index (χ0v) is 12.6. The van der Waals surface area contributed by atoms with Gasteiger partial charge < -0.3 is 9.80 Å². The number of pyridine rings is 2. The van der Waals surface area contributed by atoms with E-state index in [0.717, 1.165) is 38.2 Å². The van der Waals surface area contributed by atoms with Crippen LogP contribution in [0.2, 0.25) is 0 Å². The minimum atomic E-state index is 0.185. The predicted molar refractivity (Wildman–Crippen MR) is 85.6 cm³/mol. The summed E-state index contributed by atoms with van der Waals surface area (Å²) in [7, 11) is 0. The van der Waals surface area contributed by atoms with E-state index in [-0.39, 0.29) is 5.91 Å². The number of aromatic nitrogens is 2. The summed E-state index contributed by atoms with van der Waals surface area (Å²) >= 11 is 0. The first-order chi connectivity index (χ1) is 10.8. The smallest absolute Gasteiger partial charge is 0.227 e. The highest BCUT2D eigenvalue weighted by atomic mass is 16.2. The number of hydrogen-bond acceptors (Lipinski definition) is 4. The Hall–Kier alpha value is -2.43. The van der Waals surface area contributed by atoms with Crippen LogP contribution < -0.4 is 4.90 Å². The molecule has 1 aliphatic rings. The fourth-order valence-electron chi connectivity index (χ4n) is 2.77. The Kier molecular flexibility index (Phi) is 4.63. The zero-order valence-electron chi connectivity index (χ0n) is 12.6. The van der Waals surface area contributed by atoms with Crippen molar-refractivity contribution in [2.24, 2.45) is 0 Å². The number of carbonyl (C=O) groups excluding carboxylic acids is 1. The van der Waals surface area contributed by atoms with Gasteiger partial charge in [-0.25, -0.2) is 0 Å². The van der Waals surface area contributed by atoms with Crippen molar-refractivity contribution in [1.82, 2.24) is 14.9 Å². The fourth-order valence-corrected chi connectivity index (χ4v) is 2.77. The molecule has 22 heavy (non-hydrogen) atoms. The van der Waals surface area contributed by atoms with Crippen LogP contribution in [0.4, 0.5) is 5.69 Å². The molecule has 1 fully saturated rings. The summed E-state index contributed by atoms with van der Waals surface area (Å²) in [5, 5.41) is 0. The van der Waals surface area contributed by atoms with Crippen LogP contribution in [0.1, 0.15) is 12.0 Å². The number of anilines is 1. The lowest BCUT2D eigenvalue weighted by molar-refractivity contribution is -0.130. The largest absolute Gasteiger partial charge is 0.370 e. The van der Waals surface area contributed by atoms with Gasteiger partial charge in [0.1, 0.15) is 0 Å². The monoisotopic (exact) mass is 296 g/mol. The van der Waals surface area contributed by atoms with Crippen molar-refractivity contribution in [3.8, 4) is 0 Å². The van der Waals surface area contributed by atoms with Crippen molar-refractivity contribution < 1.29 is 4.79 Å². The summed E-state index contributed by atoms with van der Waals surface area (Å²) in [6.07, 6.45) is 8.53. The van der Waals surface area contributed by atoms with Crippen LogP contribution in [0.5, 0.6) is 0 Å². The van der Waals surface area contributed by atoms with E-state index in [1.807, 2.05) is 41.6 Å². The van der Waals surface area contributed by atoms with Crippen molar-refractivity contribution in [2.45, 2.75) is 12.8 Å². The van der Waals surface area contributed by atoms with Crippen LogP contribution in [0.15, 0.2) is 49.1 Å². The number of amides is 1. The van der Waals surface area contributed by atoms with Gasteiger partial charge in [0, 0.05) is 56.7 Å². The molecule has 0 atom stereocenters. The fraction of sp³-hybridized carbons (Fsp3) is 0.353. The molecule has 2 aromatic rings. The minimum absolute atomic E-state index is 0.185. The van der Waals surface area contributed by atoms with Crippen LogP contribution in [0.25, 0.3) is 0 Å². The Labute approximate surface area is 130 Å². The average molecular weight is 296 g/mol. The van der Waals surface area contributed by atoms with Gasteiger partial charge in [0.15, 0.2) is 0 Å². The first-order valence-corrected chi connectivity index (χ1v) is 7.64. The second kappa shape index (κ2) is 7.02. The lowest BCUT2D eigenvalue weighted by Crippen LogP contribution is -2.36. The molecule has 0 spiro atoms. The summed E-state index contributed by atoms with van der Waals surface area (Å²) in [6, 6.07) is 7.86. The second-order valence-electron chi connectivity index (χ2n) is 5.46. The lowest BCUT2D eigenvalue weighted by atomic mass is 10.2. The molecular weight excluding hydrogens is 276 g/mol. The molecule has 0 unspecified atom stereocenters. The third-order valence-electron chi connectivity index (χ3n) is 3.95. The summed E-state index contributed by atoms with van der Waals surface area (Å²) in [5.41, 5.74) is 2.15. The summed E-state index contributed by atoms with van der Waals surface area (Å²) < 4.78 is 0. The van der Waals surface area contributed by atoms with E-state index in [1.165, 1.54) is 5.69 Å². The predicted octanol–water partition coefficient (Wildman–Crippen LogP) is 1.76. The Bertz CT molecular complexity index is 603. The van der Waals surface area contributed by atoms with Gasteiger partial charge in [-0.3, -0.25) is 14.8 Å². The minimum Gasteiger partial charge on any atom is -0.370 e. The van der Waals surface area contributed by atoms with Crippen molar-refractivity contribution in [1.29, 1.82) is 0 Å². The Balaban J connectivity index is 1.59. The van der Waals surface area contributed by atoms with Crippen LogP contribution in [-0.4, -0.2) is 47.0 Å². The SMILES string of the molecule is O=C(Cc1cccnc1)N1CCCN(c2ccncc2)CC1. The van der Waals surface area contributed by atoms with E-state index in [1.54, 1.807) is 12.4 Å². The molecule has 0 aliphatic carbocycles. The molecule has 0 bridgehead atoms. The first kappa shape index (κ1) is 14.5. The molecule has 0 N–H and O–H groups in total. The molecular formula is C17H20N4O. The molecule has 0 aromatic carbocycles. The van der Waals surface area contributed by atoms with E-state index >= 15 is 0 Å². The molecule has 5 heteroatoms. The van der Waals surface area contributed by atoms with Gasteiger partial charge in [0.2, 0.25) is 5.91 Å². The Morgan fingerprint density at radius 2 is 1.86 bits per heavy atom. The Morgan fingerprint density at radius 3 is 2.64 bits per heavy atom. The van der Waals surface area contributed by atoms with Gasteiger partial charge in [-0.05, 0) is 30.2 Å². The van der Waals surface area contributed by atoms with E-state index in [2.05, 4.69) is 14.9 Å². The normalized spacial score (nSPS) is 15.5. The van der Waals surface area contributed by atoms with Crippen molar-refractivity contribution >= 4 is 11.6 Å². The highest BCUT2D eigenvalue weighted by Crippen LogP contribution is 2.15. The highest BCUT2D eigenvalue weighted by Gasteiger charge is 2.19. The van der Waals surface area contributed by atoms with E-state index in [4.69, 9.17) is 0 Å². The number of hydrogen-bond donors (Lipinski definition) is 0. The molecule has 3 rings (SSSR count). The van der Waals surface area contributed by atoms with Crippen molar-refractivity contribution in [3.63, 3.8) is 0 Å². The van der Waals surface area contributed by atoms with Crippen LogP contribution in [-0.2, 0) is 11.2 Å². The van der Waals surface area contributed by atoms with Crippen LogP contribution in [0.3, 0.4) is 0 Å². The highest BCUT2D eigenvalue weighted by molar-refractivity contribution is 5.78. The second-order valence-corrected chi connectivity index (χ2v) is 5.46. The lowest BCUT2D eigenvalue weighted by Gasteiger charge is -2.23. The van der Waals surface area contributed by atoms with E-state index in [0.29, 0.717) is 6.42 Å². The van der Waals surface area contributed by atoms with Crippen LogP contribution in [0, 0.1) is 0 Å². The van der Waals surface area contributed by atoms with Gasteiger partial charge in [0.25, 0.3) is 0 Å². The third-order valence-corrected chi connectivity index (χ3v) is 3.95. The molecule has 114 valence electrons. The molecule has 3 heterocycles.